The van der Waals surface area contributed by atoms with Crippen LogP contribution in [0.3, 0.4) is 0 Å². The van der Waals surface area contributed by atoms with E-state index >= 15 is 0 Å². The fraction of sp³-hybridized carbons (Fsp3) is 0.0141. The quantitative estimate of drug-likeness (QED) is 0.140. The summed E-state index contributed by atoms with van der Waals surface area (Å²) in [4.78, 5) is 2.47. The molecule has 1 aliphatic carbocycles. The van der Waals surface area contributed by atoms with Gasteiger partial charge in [0.25, 0.3) is 0 Å². The molecule has 0 N–H and O–H groups in total. The SMILES string of the molecule is c1ccc(-c2ccc(N(c3ccc(-c4cccc(-c5ccc6c(c5)c5ccccc5n6-c5ccccc5)c4)cc3)c3cc4c(c5ccccc35)-c3ccccc3C4(c3ccccc3)c3ccccc3)cc2)cc1. The van der Waals surface area contributed by atoms with Crippen molar-refractivity contribution in [3.63, 3.8) is 0 Å². The molecule has 2 nitrogen and oxygen atoms in total. The summed E-state index contributed by atoms with van der Waals surface area (Å²) in [6.07, 6.45) is 0. The second-order valence-corrected chi connectivity index (χ2v) is 19.2. The molecular formula is C71H48N2. The van der Waals surface area contributed by atoms with Crippen LogP contribution in [0.5, 0.6) is 0 Å². The number of para-hydroxylation sites is 2. The molecule has 0 spiro atoms. The van der Waals surface area contributed by atoms with Gasteiger partial charge < -0.3 is 9.47 Å². The highest BCUT2D eigenvalue weighted by Gasteiger charge is 2.47. The lowest BCUT2D eigenvalue weighted by Gasteiger charge is -2.35. The molecule has 0 saturated carbocycles. The molecule has 0 amide bonds. The van der Waals surface area contributed by atoms with E-state index in [1.54, 1.807) is 0 Å². The van der Waals surface area contributed by atoms with Crippen LogP contribution in [0, 0.1) is 0 Å². The Hall–Kier alpha value is -9.50. The molecule has 13 aromatic rings. The molecule has 0 unspecified atom stereocenters. The number of hydrogen-bond donors (Lipinski definition) is 0. The summed E-state index contributed by atoms with van der Waals surface area (Å²) in [6.45, 7) is 0. The Morgan fingerprint density at radius 2 is 0.753 bits per heavy atom. The lowest BCUT2D eigenvalue weighted by Crippen LogP contribution is -2.28. The summed E-state index contributed by atoms with van der Waals surface area (Å²) in [7, 11) is 0. The van der Waals surface area contributed by atoms with Crippen LogP contribution >= 0.6 is 0 Å². The first kappa shape index (κ1) is 42.4. The van der Waals surface area contributed by atoms with Crippen molar-refractivity contribution in [3.05, 3.63) is 313 Å². The molecule has 12 aromatic carbocycles. The first-order chi connectivity index (χ1) is 36.2. The molecule has 0 bridgehead atoms. The zero-order valence-electron chi connectivity index (χ0n) is 40.1. The van der Waals surface area contributed by atoms with Crippen molar-refractivity contribution in [3.8, 4) is 50.2 Å². The van der Waals surface area contributed by atoms with Gasteiger partial charge in [0.05, 0.1) is 22.1 Å². The van der Waals surface area contributed by atoms with Crippen LogP contribution in [0.2, 0.25) is 0 Å². The minimum absolute atomic E-state index is 0.561. The van der Waals surface area contributed by atoms with Crippen LogP contribution in [0.15, 0.2) is 291 Å². The van der Waals surface area contributed by atoms with Gasteiger partial charge in [-0.05, 0) is 139 Å². The fourth-order valence-corrected chi connectivity index (χ4v) is 12.0. The van der Waals surface area contributed by atoms with Crippen LogP contribution in [0.25, 0.3) is 82.8 Å². The summed E-state index contributed by atoms with van der Waals surface area (Å²) >= 11 is 0. The zero-order valence-corrected chi connectivity index (χ0v) is 40.1. The Labute approximate surface area is 426 Å². The van der Waals surface area contributed by atoms with Gasteiger partial charge in [-0.3, -0.25) is 0 Å². The molecule has 0 aliphatic heterocycles. The average Bonchev–Trinajstić information content (AvgIpc) is 3.98. The van der Waals surface area contributed by atoms with E-state index in [9.17, 15) is 0 Å². The van der Waals surface area contributed by atoms with Gasteiger partial charge in [-0.25, -0.2) is 0 Å². The Kier molecular flexibility index (Phi) is 10.1. The highest BCUT2D eigenvalue weighted by atomic mass is 15.1. The lowest BCUT2D eigenvalue weighted by molar-refractivity contribution is 0.769. The number of benzene rings is 12. The number of anilines is 3. The molecule has 0 saturated heterocycles. The van der Waals surface area contributed by atoms with E-state index in [-0.39, 0.29) is 0 Å². The standard InChI is InChI=1S/C71H48N2/c1-5-20-49(21-6-1)50-36-41-58(42-37-50)72(69-48-66-70(62-32-14-13-30-60(62)69)63-33-15-17-34-65(63)71(66,55-24-7-2-8-25-55)56-26-9-3-10-27-56)59-43-38-51(39-44-59)52-22-19-23-53(46-52)54-40-45-68-64(47-54)61-31-16-18-35-67(61)73(68)57-28-11-4-12-29-57/h1-48H. The van der Waals surface area contributed by atoms with Crippen molar-refractivity contribution in [2.45, 2.75) is 5.41 Å². The van der Waals surface area contributed by atoms with E-state index in [0.717, 1.165) is 28.3 Å². The average molecular weight is 929 g/mol. The predicted molar refractivity (Wildman–Crippen MR) is 307 cm³/mol. The van der Waals surface area contributed by atoms with Crippen LogP contribution in [-0.4, -0.2) is 4.57 Å². The third kappa shape index (κ3) is 6.87. The van der Waals surface area contributed by atoms with Gasteiger partial charge in [0.15, 0.2) is 0 Å². The van der Waals surface area contributed by atoms with E-state index in [4.69, 9.17) is 0 Å². The first-order valence-corrected chi connectivity index (χ1v) is 25.2. The summed E-state index contributed by atoms with van der Waals surface area (Å²) in [6, 6.07) is 107. The first-order valence-electron chi connectivity index (χ1n) is 25.2. The third-order valence-corrected chi connectivity index (χ3v) is 15.3. The Bertz CT molecular complexity index is 4120. The van der Waals surface area contributed by atoms with Crippen molar-refractivity contribution >= 4 is 49.6 Å². The van der Waals surface area contributed by atoms with Crippen molar-refractivity contribution < 1.29 is 0 Å². The molecule has 342 valence electrons. The number of hydrogen-bond acceptors (Lipinski definition) is 1. The summed E-state index contributed by atoms with van der Waals surface area (Å²) < 4.78 is 2.38. The van der Waals surface area contributed by atoms with Crippen molar-refractivity contribution in [2.24, 2.45) is 0 Å². The fourth-order valence-electron chi connectivity index (χ4n) is 12.0. The molecule has 0 fully saturated rings. The molecule has 14 rings (SSSR count). The monoisotopic (exact) mass is 928 g/mol. The van der Waals surface area contributed by atoms with Crippen molar-refractivity contribution in [1.29, 1.82) is 0 Å². The smallest absolute Gasteiger partial charge is 0.0714 e. The molecule has 73 heavy (non-hydrogen) atoms. The normalized spacial score (nSPS) is 12.5. The van der Waals surface area contributed by atoms with E-state index in [1.165, 1.54) is 93.8 Å². The van der Waals surface area contributed by atoms with Crippen LogP contribution < -0.4 is 4.90 Å². The molecule has 0 atom stereocenters. The number of nitrogens with zero attached hydrogens (tertiary/aromatic N) is 2. The maximum absolute atomic E-state index is 2.51. The number of fused-ring (bicyclic) bond motifs is 8. The Morgan fingerprint density at radius 3 is 1.42 bits per heavy atom. The van der Waals surface area contributed by atoms with Crippen molar-refractivity contribution in [2.75, 3.05) is 4.90 Å². The van der Waals surface area contributed by atoms with E-state index in [2.05, 4.69) is 301 Å². The van der Waals surface area contributed by atoms with Gasteiger partial charge in [0.1, 0.15) is 0 Å². The topological polar surface area (TPSA) is 8.17 Å². The van der Waals surface area contributed by atoms with E-state index < -0.39 is 5.41 Å². The van der Waals surface area contributed by atoms with Gasteiger partial charge in [0.2, 0.25) is 0 Å². The maximum Gasteiger partial charge on any atom is 0.0714 e. The second kappa shape index (κ2) is 17.4. The summed E-state index contributed by atoms with van der Waals surface area (Å²) in [5, 5.41) is 4.93. The van der Waals surface area contributed by atoms with Gasteiger partial charge in [-0.1, -0.05) is 224 Å². The molecule has 1 heterocycles. The van der Waals surface area contributed by atoms with Gasteiger partial charge >= 0.3 is 0 Å². The van der Waals surface area contributed by atoms with Gasteiger partial charge in [-0.15, -0.1) is 0 Å². The molecule has 1 aliphatic rings. The van der Waals surface area contributed by atoms with E-state index in [1.807, 2.05) is 0 Å². The summed E-state index contributed by atoms with van der Waals surface area (Å²) in [5.74, 6) is 0. The van der Waals surface area contributed by atoms with Crippen LogP contribution in [0.4, 0.5) is 17.1 Å². The largest absolute Gasteiger partial charge is 0.310 e. The number of rotatable bonds is 9. The molecule has 0 radical (unpaired) electrons. The van der Waals surface area contributed by atoms with Crippen LogP contribution in [-0.2, 0) is 5.41 Å². The maximum atomic E-state index is 2.51. The van der Waals surface area contributed by atoms with Crippen molar-refractivity contribution in [1.82, 2.24) is 4.57 Å². The minimum atomic E-state index is -0.561. The Morgan fingerprint density at radius 1 is 0.288 bits per heavy atom. The van der Waals surface area contributed by atoms with Gasteiger partial charge in [0, 0.05) is 33.2 Å². The second-order valence-electron chi connectivity index (χ2n) is 19.2. The highest BCUT2D eigenvalue weighted by Crippen LogP contribution is 2.59. The van der Waals surface area contributed by atoms with Gasteiger partial charge in [-0.2, -0.15) is 0 Å². The molecular weight excluding hydrogens is 881 g/mol. The minimum Gasteiger partial charge on any atom is -0.310 e. The third-order valence-electron chi connectivity index (χ3n) is 15.3. The van der Waals surface area contributed by atoms with Crippen LogP contribution in [0.1, 0.15) is 22.3 Å². The lowest BCUT2D eigenvalue weighted by atomic mass is 9.67. The molecule has 1 aromatic heterocycles. The highest BCUT2D eigenvalue weighted by molar-refractivity contribution is 6.12. The predicted octanol–water partition coefficient (Wildman–Crippen LogP) is 18.8. The number of aromatic nitrogens is 1. The zero-order chi connectivity index (χ0) is 48.3. The Balaban J connectivity index is 0.926. The summed E-state index contributed by atoms with van der Waals surface area (Å²) in [5.41, 5.74) is 21.0. The molecule has 2 heteroatoms. The van der Waals surface area contributed by atoms with E-state index in [0.29, 0.717) is 0 Å².